The Bertz CT molecular complexity index is 933. The fourth-order valence-electron chi connectivity index (χ4n) is 2.75. The zero-order valence-corrected chi connectivity index (χ0v) is 14.3. The van der Waals surface area contributed by atoms with Gasteiger partial charge in [0.15, 0.2) is 0 Å². The standard InChI is InChI=1S/C17H14Cl2N4O/c18-13-4-1-3-12(17(13)19)11-7-15-14(20-8-11)9-21-23(15)10-16(24)22-5-2-6-22/h1,3-4,7-9H,2,5-6,10H2. The van der Waals surface area contributed by atoms with Crippen LogP contribution >= 0.6 is 23.2 Å². The van der Waals surface area contributed by atoms with E-state index in [2.05, 4.69) is 10.1 Å². The van der Waals surface area contributed by atoms with E-state index in [0.29, 0.717) is 10.0 Å². The number of rotatable bonds is 3. The molecule has 3 aromatic rings. The van der Waals surface area contributed by atoms with Crippen LogP contribution in [0.25, 0.3) is 22.2 Å². The van der Waals surface area contributed by atoms with Crippen molar-refractivity contribution in [2.45, 2.75) is 13.0 Å². The molecule has 0 atom stereocenters. The Morgan fingerprint density at radius 3 is 2.79 bits per heavy atom. The highest BCUT2D eigenvalue weighted by Gasteiger charge is 2.21. The van der Waals surface area contributed by atoms with Crippen molar-refractivity contribution in [3.63, 3.8) is 0 Å². The summed E-state index contributed by atoms with van der Waals surface area (Å²) in [7, 11) is 0. The lowest BCUT2D eigenvalue weighted by Gasteiger charge is -2.30. The number of hydrogen-bond donors (Lipinski definition) is 0. The summed E-state index contributed by atoms with van der Waals surface area (Å²) in [5.74, 6) is 0.0810. The van der Waals surface area contributed by atoms with Gasteiger partial charge in [-0.3, -0.25) is 14.5 Å². The molecule has 7 heteroatoms. The molecule has 122 valence electrons. The van der Waals surface area contributed by atoms with Gasteiger partial charge in [0, 0.05) is 30.4 Å². The first kappa shape index (κ1) is 15.4. The van der Waals surface area contributed by atoms with Gasteiger partial charge < -0.3 is 4.90 Å². The normalized spacial score (nSPS) is 14.0. The molecule has 1 amide bonds. The van der Waals surface area contributed by atoms with E-state index < -0.39 is 0 Å². The van der Waals surface area contributed by atoms with Crippen LogP contribution in [0.1, 0.15) is 6.42 Å². The number of likely N-dealkylation sites (tertiary alicyclic amines) is 1. The van der Waals surface area contributed by atoms with E-state index in [0.717, 1.165) is 41.7 Å². The SMILES string of the molecule is O=C(Cn1ncc2ncc(-c3cccc(Cl)c3Cl)cc21)N1CCC1. The minimum absolute atomic E-state index is 0.0810. The highest BCUT2D eigenvalue weighted by atomic mass is 35.5. The fraction of sp³-hybridized carbons (Fsp3) is 0.235. The van der Waals surface area contributed by atoms with E-state index in [-0.39, 0.29) is 12.5 Å². The van der Waals surface area contributed by atoms with Gasteiger partial charge >= 0.3 is 0 Å². The zero-order chi connectivity index (χ0) is 16.7. The summed E-state index contributed by atoms with van der Waals surface area (Å²) in [6, 6.07) is 7.42. The van der Waals surface area contributed by atoms with Gasteiger partial charge in [0.25, 0.3) is 0 Å². The molecule has 1 saturated heterocycles. The number of pyridine rings is 1. The molecule has 2 aromatic heterocycles. The number of fused-ring (bicyclic) bond motifs is 1. The van der Waals surface area contributed by atoms with Crippen molar-refractivity contribution < 1.29 is 4.79 Å². The molecule has 24 heavy (non-hydrogen) atoms. The van der Waals surface area contributed by atoms with Gasteiger partial charge in [-0.25, -0.2) is 0 Å². The summed E-state index contributed by atoms with van der Waals surface area (Å²) >= 11 is 12.4. The molecule has 0 unspecified atom stereocenters. The lowest BCUT2D eigenvalue weighted by Crippen LogP contribution is -2.43. The van der Waals surface area contributed by atoms with Gasteiger partial charge in [-0.15, -0.1) is 0 Å². The minimum Gasteiger partial charge on any atom is -0.341 e. The Morgan fingerprint density at radius 2 is 2.04 bits per heavy atom. The van der Waals surface area contributed by atoms with E-state index in [9.17, 15) is 4.79 Å². The Labute approximate surface area is 148 Å². The Kier molecular flexibility index (Phi) is 3.90. The maximum absolute atomic E-state index is 12.2. The van der Waals surface area contributed by atoms with Crippen molar-refractivity contribution in [3.05, 3.63) is 46.7 Å². The molecule has 0 radical (unpaired) electrons. The van der Waals surface area contributed by atoms with Crippen molar-refractivity contribution in [2.75, 3.05) is 13.1 Å². The van der Waals surface area contributed by atoms with Crippen molar-refractivity contribution in [1.82, 2.24) is 19.7 Å². The number of carbonyl (C=O) groups is 1. The van der Waals surface area contributed by atoms with E-state index in [1.165, 1.54) is 0 Å². The van der Waals surface area contributed by atoms with Crippen LogP contribution in [0.5, 0.6) is 0 Å². The first-order valence-corrected chi connectivity index (χ1v) is 8.43. The molecule has 3 heterocycles. The van der Waals surface area contributed by atoms with Crippen LogP contribution in [0.3, 0.4) is 0 Å². The summed E-state index contributed by atoms with van der Waals surface area (Å²) in [4.78, 5) is 18.5. The van der Waals surface area contributed by atoms with Crippen LogP contribution in [0.15, 0.2) is 36.7 Å². The third-order valence-electron chi connectivity index (χ3n) is 4.25. The van der Waals surface area contributed by atoms with Crippen LogP contribution in [0, 0.1) is 0 Å². The number of halogens is 2. The predicted octanol–water partition coefficient (Wildman–Crippen LogP) is 3.64. The third-order valence-corrected chi connectivity index (χ3v) is 5.07. The molecule has 1 aliphatic heterocycles. The number of aromatic nitrogens is 3. The largest absolute Gasteiger partial charge is 0.341 e. The fourth-order valence-corrected chi connectivity index (χ4v) is 3.16. The molecular formula is C17H14Cl2N4O. The maximum atomic E-state index is 12.2. The Balaban J connectivity index is 1.73. The molecular weight excluding hydrogens is 347 g/mol. The first-order chi connectivity index (χ1) is 11.6. The van der Waals surface area contributed by atoms with Gasteiger partial charge in [-0.1, -0.05) is 35.3 Å². The van der Waals surface area contributed by atoms with Gasteiger partial charge in [-0.2, -0.15) is 5.10 Å². The molecule has 4 rings (SSSR count). The third kappa shape index (κ3) is 2.64. The van der Waals surface area contributed by atoms with Gasteiger partial charge in [0.05, 0.1) is 21.8 Å². The van der Waals surface area contributed by atoms with E-state index in [4.69, 9.17) is 23.2 Å². The predicted molar refractivity (Wildman–Crippen MR) is 94.2 cm³/mol. The highest BCUT2D eigenvalue weighted by molar-refractivity contribution is 6.43. The monoisotopic (exact) mass is 360 g/mol. The summed E-state index contributed by atoms with van der Waals surface area (Å²) in [5.41, 5.74) is 3.19. The molecule has 0 bridgehead atoms. The maximum Gasteiger partial charge on any atom is 0.244 e. The smallest absolute Gasteiger partial charge is 0.244 e. The number of amides is 1. The number of hydrogen-bond acceptors (Lipinski definition) is 3. The van der Waals surface area contributed by atoms with E-state index >= 15 is 0 Å². The van der Waals surface area contributed by atoms with E-state index in [1.54, 1.807) is 23.1 Å². The van der Waals surface area contributed by atoms with Crippen molar-refractivity contribution in [3.8, 4) is 11.1 Å². The molecule has 1 fully saturated rings. The second kappa shape index (κ2) is 6.07. The van der Waals surface area contributed by atoms with Crippen LogP contribution < -0.4 is 0 Å². The quantitative estimate of drug-likeness (QED) is 0.716. The molecule has 1 aliphatic rings. The van der Waals surface area contributed by atoms with Crippen LogP contribution in [0.2, 0.25) is 10.0 Å². The van der Waals surface area contributed by atoms with Crippen molar-refractivity contribution >= 4 is 40.1 Å². The topological polar surface area (TPSA) is 51.0 Å². The molecule has 0 spiro atoms. The Hall–Kier alpha value is -2.11. The van der Waals surface area contributed by atoms with Crippen LogP contribution in [-0.4, -0.2) is 38.7 Å². The minimum atomic E-state index is 0.0810. The van der Waals surface area contributed by atoms with Crippen molar-refractivity contribution in [1.29, 1.82) is 0 Å². The van der Waals surface area contributed by atoms with Crippen molar-refractivity contribution in [2.24, 2.45) is 0 Å². The lowest BCUT2D eigenvalue weighted by molar-refractivity contribution is -0.135. The van der Waals surface area contributed by atoms with E-state index in [1.807, 2.05) is 23.1 Å². The van der Waals surface area contributed by atoms with Gasteiger partial charge in [0.1, 0.15) is 12.1 Å². The molecule has 0 saturated carbocycles. The van der Waals surface area contributed by atoms with Gasteiger partial charge in [-0.05, 0) is 18.6 Å². The number of nitrogens with zero attached hydrogens (tertiary/aromatic N) is 4. The first-order valence-electron chi connectivity index (χ1n) is 7.67. The zero-order valence-electron chi connectivity index (χ0n) is 12.7. The molecule has 0 aliphatic carbocycles. The summed E-state index contributed by atoms with van der Waals surface area (Å²) in [6.07, 6.45) is 4.48. The molecule has 1 aromatic carbocycles. The second-order valence-electron chi connectivity index (χ2n) is 5.77. The average Bonchev–Trinajstić information content (AvgIpc) is 2.90. The molecule has 5 nitrogen and oxygen atoms in total. The second-order valence-corrected chi connectivity index (χ2v) is 6.55. The van der Waals surface area contributed by atoms with Gasteiger partial charge in [0.2, 0.25) is 5.91 Å². The Morgan fingerprint density at radius 1 is 1.21 bits per heavy atom. The van der Waals surface area contributed by atoms with Crippen LogP contribution in [0.4, 0.5) is 0 Å². The van der Waals surface area contributed by atoms with Crippen LogP contribution in [-0.2, 0) is 11.3 Å². The summed E-state index contributed by atoms with van der Waals surface area (Å²) in [6.45, 7) is 1.89. The highest BCUT2D eigenvalue weighted by Crippen LogP contribution is 2.34. The summed E-state index contributed by atoms with van der Waals surface area (Å²) < 4.78 is 1.69. The number of benzene rings is 1. The number of carbonyl (C=O) groups excluding carboxylic acids is 1. The lowest BCUT2D eigenvalue weighted by atomic mass is 10.1. The summed E-state index contributed by atoms with van der Waals surface area (Å²) in [5, 5.41) is 5.28. The average molecular weight is 361 g/mol. The molecule has 0 N–H and O–H groups in total.